The molecule has 0 aromatic heterocycles. The van der Waals surface area contributed by atoms with Crippen LogP contribution >= 0.6 is 15.9 Å². The van der Waals surface area contributed by atoms with Crippen LogP contribution in [0.1, 0.15) is 52.0 Å². The first-order valence-electron chi connectivity index (χ1n) is 10.1. The van der Waals surface area contributed by atoms with Crippen molar-refractivity contribution in [1.29, 1.82) is 5.26 Å². The number of carbonyl (C=O) groups excluding carboxylic acids is 2. The van der Waals surface area contributed by atoms with Crippen molar-refractivity contribution in [2.45, 2.75) is 70.6 Å². The number of carbonyl (C=O) groups is 2. The van der Waals surface area contributed by atoms with Crippen LogP contribution in [0.4, 0.5) is 13.6 Å². The Morgan fingerprint density at radius 2 is 1.93 bits per heavy atom. The molecule has 3 rings (SSSR count). The summed E-state index contributed by atoms with van der Waals surface area (Å²) >= 11 is 3.03. The Morgan fingerprint density at radius 3 is 2.50 bits per heavy atom. The molecule has 30 heavy (non-hydrogen) atoms. The van der Waals surface area contributed by atoms with Crippen LogP contribution in [0.5, 0.6) is 0 Å². The van der Waals surface area contributed by atoms with Gasteiger partial charge in [0.15, 0.2) is 5.78 Å². The Bertz CT molecular complexity index is 870. The van der Waals surface area contributed by atoms with Gasteiger partial charge in [-0.2, -0.15) is 5.26 Å². The van der Waals surface area contributed by atoms with E-state index in [1.807, 2.05) is 6.07 Å². The molecule has 1 aromatic carbocycles. The number of halogens is 3. The molecule has 8 heteroatoms. The molecule has 2 fully saturated rings. The third-order valence-corrected chi connectivity index (χ3v) is 6.16. The average molecular weight is 483 g/mol. The molecule has 1 aromatic rings. The van der Waals surface area contributed by atoms with E-state index in [2.05, 4.69) is 15.9 Å². The summed E-state index contributed by atoms with van der Waals surface area (Å²) in [4.78, 5) is 27.3. The standard InChI is InChI=1S/C22H25BrF2N2O3/c1-22(2,3)30-21(29)27-15-5-4-13(8-15)20(27)19(28)7-12(11-26)6-16-17(24)9-14(23)10-18(16)25/h9-10,12-13,15,20H,4-8H2,1-3H3/t12?,13-,15+,20-/m0/s1. The van der Waals surface area contributed by atoms with Crippen molar-refractivity contribution in [3.8, 4) is 6.07 Å². The van der Waals surface area contributed by atoms with Gasteiger partial charge < -0.3 is 4.74 Å². The third-order valence-electron chi connectivity index (χ3n) is 5.71. The van der Waals surface area contributed by atoms with Gasteiger partial charge in [0, 0.05) is 22.5 Å². The number of likely N-dealkylation sites (tertiary alicyclic amines) is 1. The molecular formula is C22H25BrF2N2O3. The number of rotatable bonds is 5. The molecule has 5 nitrogen and oxygen atoms in total. The highest BCUT2D eigenvalue weighted by Crippen LogP contribution is 2.44. The lowest BCUT2D eigenvalue weighted by atomic mass is 9.88. The fraction of sp³-hybridized carbons (Fsp3) is 0.591. The monoisotopic (exact) mass is 482 g/mol. The zero-order valence-electron chi connectivity index (χ0n) is 17.3. The second-order valence-corrected chi connectivity index (χ2v) is 10.0. The minimum atomic E-state index is -0.887. The molecule has 162 valence electrons. The van der Waals surface area contributed by atoms with Crippen molar-refractivity contribution in [3.05, 3.63) is 33.8 Å². The fourth-order valence-corrected chi connectivity index (χ4v) is 4.92. The topological polar surface area (TPSA) is 70.4 Å². The molecular weight excluding hydrogens is 458 g/mol. The number of piperidine rings is 1. The Morgan fingerprint density at radius 1 is 1.30 bits per heavy atom. The summed E-state index contributed by atoms with van der Waals surface area (Å²) in [5.41, 5.74) is -0.896. The number of nitriles is 1. The Kier molecular flexibility index (Phi) is 6.51. The number of Topliss-reactive ketones (excluding diaryl/α,β-unsaturated/α-hetero) is 1. The maximum atomic E-state index is 14.2. The molecule has 2 bridgehead atoms. The SMILES string of the molecule is CC(C)(C)OC(=O)N1[C@@H]2CC[C@@H](C2)[C@H]1C(=O)CC(C#N)Cc1c(F)cc(Br)cc1F. The van der Waals surface area contributed by atoms with E-state index in [0.717, 1.165) is 31.4 Å². The lowest BCUT2D eigenvalue weighted by molar-refractivity contribution is -0.126. The van der Waals surface area contributed by atoms with Crippen molar-refractivity contribution >= 4 is 27.8 Å². The van der Waals surface area contributed by atoms with Crippen molar-refractivity contribution < 1.29 is 23.1 Å². The van der Waals surface area contributed by atoms with Crippen molar-refractivity contribution in [1.82, 2.24) is 4.90 Å². The Hall–Kier alpha value is -2.01. The van der Waals surface area contributed by atoms with E-state index in [0.29, 0.717) is 0 Å². The summed E-state index contributed by atoms with van der Waals surface area (Å²) in [6.45, 7) is 5.30. The van der Waals surface area contributed by atoms with Crippen LogP contribution in [0, 0.1) is 34.8 Å². The van der Waals surface area contributed by atoms with Gasteiger partial charge in [-0.1, -0.05) is 15.9 Å². The van der Waals surface area contributed by atoms with Crippen LogP contribution in [-0.4, -0.2) is 34.5 Å². The number of amides is 1. The molecule has 2 aliphatic rings. The van der Waals surface area contributed by atoms with E-state index in [1.165, 1.54) is 4.90 Å². The van der Waals surface area contributed by atoms with Crippen LogP contribution in [-0.2, 0) is 16.0 Å². The van der Waals surface area contributed by atoms with Gasteiger partial charge in [0.2, 0.25) is 0 Å². The maximum absolute atomic E-state index is 14.2. The van der Waals surface area contributed by atoms with Crippen molar-refractivity contribution in [3.63, 3.8) is 0 Å². The van der Waals surface area contributed by atoms with Gasteiger partial charge in [-0.3, -0.25) is 9.69 Å². The Labute approximate surface area is 183 Å². The average Bonchev–Trinajstić information content (AvgIpc) is 3.23. The smallest absolute Gasteiger partial charge is 0.411 e. The van der Waals surface area contributed by atoms with Gasteiger partial charge in [-0.15, -0.1) is 0 Å². The van der Waals surface area contributed by atoms with Crippen LogP contribution < -0.4 is 0 Å². The normalized spacial score (nSPS) is 23.9. The largest absolute Gasteiger partial charge is 0.444 e. The number of ketones is 1. The molecule has 1 aliphatic heterocycles. The second-order valence-electron chi connectivity index (χ2n) is 9.11. The quantitative estimate of drug-likeness (QED) is 0.581. The molecule has 1 saturated heterocycles. The highest BCUT2D eigenvalue weighted by molar-refractivity contribution is 9.10. The highest BCUT2D eigenvalue weighted by atomic mass is 79.9. The number of benzene rings is 1. The van der Waals surface area contributed by atoms with Gasteiger partial charge >= 0.3 is 6.09 Å². The highest BCUT2D eigenvalue weighted by Gasteiger charge is 2.52. The van der Waals surface area contributed by atoms with Crippen molar-refractivity contribution in [2.24, 2.45) is 11.8 Å². The lowest BCUT2D eigenvalue weighted by Gasteiger charge is -2.35. The number of fused-ring (bicyclic) bond motifs is 2. The molecule has 0 spiro atoms. The van der Waals surface area contributed by atoms with Crippen LogP contribution in [0.2, 0.25) is 0 Å². The summed E-state index contributed by atoms with van der Waals surface area (Å²) in [5, 5.41) is 9.51. The summed E-state index contributed by atoms with van der Waals surface area (Å²) < 4.78 is 34.1. The molecule has 1 aliphatic carbocycles. The zero-order valence-corrected chi connectivity index (χ0v) is 18.8. The second kappa shape index (κ2) is 8.62. The van der Waals surface area contributed by atoms with Gasteiger partial charge in [-0.05, 0) is 64.5 Å². The minimum Gasteiger partial charge on any atom is -0.444 e. The fourth-order valence-electron chi connectivity index (χ4n) is 4.52. The van der Waals surface area contributed by atoms with E-state index >= 15 is 0 Å². The van der Waals surface area contributed by atoms with E-state index in [9.17, 15) is 23.6 Å². The minimum absolute atomic E-state index is 0.0375. The molecule has 4 atom stereocenters. The van der Waals surface area contributed by atoms with E-state index in [1.54, 1.807) is 20.8 Å². The predicted octanol–water partition coefficient (Wildman–Crippen LogP) is 5.16. The summed E-state index contributed by atoms with van der Waals surface area (Å²) in [5.74, 6) is -2.62. The number of ether oxygens (including phenoxy) is 1. The first-order valence-corrected chi connectivity index (χ1v) is 10.9. The number of hydrogen-bond acceptors (Lipinski definition) is 4. The molecule has 1 amide bonds. The molecule has 1 heterocycles. The van der Waals surface area contributed by atoms with E-state index < -0.39 is 35.3 Å². The van der Waals surface area contributed by atoms with Gasteiger partial charge in [0.1, 0.15) is 17.2 Å². The predicted molar refractivity (Wildman–Crippen MR) is 109 cm³/mol. The maximum Gasteiger partial charge on any atom is 0.411 e. The summed E-state index contributed by atoms with van der Waals surface area (Å²) in [6, 6.07) is 3.58. The first kappa shape index (κ1) is 22.7. The number of nitrogens with zero attached hydrogens (tertiary/aromatic N) is 2. The van der Waals surface area contributed by atoms with Crippen LogP contribution in [0.25, 0.3) is 0 Å². The number of hydrogen-bond donors (Lipinski definition) is 0. The Balaban J connectivity index is 1.74. The molecule has 0 N–H and O–H groups in total. The van der Waals surface area contributed by atoms with Crippen LogP contribution in [0.3, 0.4) is 0 Å². The van der Waals surface area contributed by atoms with Gasteiger partial charge in [0.25, 0.3) is 0 Å². The molecule has 1 saturated carbocycles. The summed E-state index contributed by atoms with van der Waals surface area (Å²) in [7, 11) is 0. The zero-order chi connectivity index (χ0) is 22.2. The summed E-state index contributed by atoms with van der Waals surface area (Å²) in [6.07, 6.45) is 1.51. The van der Waals surface area contributed by atoms with Crippen LogP contribution in [0.15, 0.2) is 16.6 Å². The van der Waals surface area contributed by atoms with Gasteiger partial charge in [-0.25, -0.2) is 13.6 Å². The third kappa shape index (κ3) is 4.83. The van der Waals surface area contributed by atoms with Crippen molar-refractivity contribution in [2.75, 3.05) is 0 Å². The van der Waals surface area contributed by atoms with Gasteiger partial charge in [0.05, 0.1) is 18.0 Å². The molecule has 0 radical (unpaired) electrons. The molecule has 1 unspecified atom stereocenters. The lowest BCUT2D eigenvalue weighted by Crippen LogP contribution is -2.51. The first-order chi connectivity index (χ1) is 14.0. The van der Waals surface area contributed by atoms with E-state index in [-0.39, 0.29) is 40.6 Å². The van der Waals surface area contributed by atoms with E-state index in [4.69, 9.17) is 4.74 Å².